The number of likely N-dealkylation sites (tertiary alicyclic amines) is 1. The molecule has 1 fully saturated rings. The van der Waals surface area contributed by atoms with E-state index in [0.717, 1.165) is 12.1 Å². The van der Waals surface area contributed by atoms with Gasteiger partial charge in [-0.3, -0.25) is 19.0 Å². The van der Waals surface area contributed by atoms with Crippen LogP contribution in [0.4, 0.5) is 0 Å². The van der Waals surface area contributed by atoms with Gasteiger partial charge in [-0.1, -0.05) is 6.92 Å². The summed E-state index contributed by atoms with van der Waals surface area (Å²) in [5.74, 6) is -0.267. The molecule has 0 unspecified atom stereocenters. The molecule has 8 nitrogen and oxygen atoms in total. The third-order valence-electron chi connectivity index (χ3n) is 5.13. The van der Waals surface area contributed by atoms with Crippen molar-refractivity contribution in [1.29, 1.82) is 0 Å². The first-order valence-corrected chi connectivity index (χ1v) is 9.72. The first-order chi connectivity index (χ1) is 13.2. The van der Waals surface area contributed by atoms with Gasteiger partial charge in [0.25, 0.3) is 0 Å². The molecule has 0 radical (unpaired) electrons. The second kappa shape index (κ2) is 7.77. The molecule has 1 aliphatic heterocycles. The molecule has 2 amide bonds. The van der Waals surface area contributed by atoms with Crippen LogP contribution in [0.3, 0.4) is 0 Å². The zero-order chi connectivity index (χ0) is 20.5. The number of nitrogens with one attached hydrogen (secondary N) is 1. The van der Waals surface area contributed by atoms with Gasteiger partial charge in [-0.2, -0.15) is 10.2 Å². The van der Waals surface area contributed by atoms with Crippen LogP contribution in [-0.4, -0.2) is 48.4 Å². The fourth-order valence-electron chi connectivity index (χ4n) is 3.93. The summed E-state index contributed by atoms with van der Waals surface area (Å²) < 4.78 is 3.57. The largest absolute Gasteiger partial charge is 0.355 e. The van der Waals surface area contributed by atoms with Crippen molar-refractivity contribution in [3.05, 3.63) is 36.4 Å². The van der Waals surface area contributed by atoms with Crippen molar-refractivity contribution in [1.82, 2.24) is 29.8 Å². The second-order valence-electron chi connectivity index (χ2n) is 8.72. The van der Waals surface area contributed by atoms with Gasteiger partial charge in [0, 0.05) is 56.3 Å². The van der Waals surface area contributed by atoms with Crippen molar-refractivity contribution in [3.63, 3.8) is 0 Å². The number of rotatable bonds is 6. The SMILES string of the molecule is C[C@H](CNC(=O)[C@@H]1CC(=O)N(C(C)(C)C)[C@H]1c1cnn(C)c1)Cn1cccn1. The molecule has 1 aliphatic rings. The molecule has 3 atom stereocenters. The van der Waals surface area contributed by atoms with Crippen molar-refractivity contribution in [2.45, 2.75) is 52.2 Å². The third kappa shape index (κ3) is 4.26. The summed E-state index contributed by atoms with van der Waals surface area (Å²) in [6.07, 6.45) is 7.52. The molecule has 1 N–H and O–H groups in total. The molecular weight excluding hydrogens is 356 g/mol. The molecule has 2 aromatic rings. The summed E-state index contributed by atoms with van der Waals surface area (Å²) >= 11 is 0. The Bertz CT molecular complexity index is 820. The Labute approximate surface area is 165 Å². The summed E-state index contributed by atoms with van der Waals surface area (Å²) in [5.41, 5.74) is 0.521. The van der Waals surface area contributed by atoms with Crippen LogP contribution in [-0.2, 0) is 23.2 Å². The van der Waals surface area contributed by atoms with Crippen LogP contribution in [0, 0.1) is 11.8 Å². The molecule has 8 heteroatoms. The number of hydrogen-bond donors (Lipinski definition) is 1. The van der Waals surface area contributed by atoms with E-state index in [2.05, 4.69) is 22.4 Å². The average Bonchev–Trinajstić information content (AvgIpc) is 3.32. The molecule has 0 spiro atoms. The van der Waals surface area contributed by atoms with Crippen molar-refractivity contribution >= 4 is 11.8 Å². The summed E-state index contributed by atoms with van der Waals surface area (Å²) in [4.78, 5) is 27.6. The van der Waals surface area contributed by atoms with E-state index >= 15 is 0 Å². The first kappa shape index (κ1) is 20.1. The number of carbonyl (C=O) groups excluding carboxylic acids is 2. The Morgan fingerprint density at radius 2 is 2.11 bits per heavy atom. The zero-order valence-corrected chi connectivity index (χ0v) is 17.3. The molecule has 28 heavy (non-hydrogen) atoms. The zero-order valence-electron chi connectivity index (χ0n) is 17.3. The lowest BCUT2D eigenvalue weighted by molar-refractivity contribution is -0.133. The number of aromatic nitrogens is 4. The summed E-state index contributed by atoms with van der Waals surface area (Å²) in [5, 5.41) is 11.5. The highest BCUT2D eigenvalue weighted by molar-refractivity contribution is 5.90. The highest BCUT2D eigenvalue weighted by Gasteiger charge is 2.48. The van der Waals surface area contributed by atoms with Gasteiger partial charge in [0.2, 0.25) is 11.8 Å². The van der Waals surface area contributed by atoms with Crippen LogP contribution >= 0.6 is 0 Å². The van der Waals surface area contributed by atoms with Crippen LogP contribution < -0.4 is 5.32 Å². The van der Waals surface area contributed by atoms with Crippen LogP contribution in [0.25, 0.3) is 0 Å². The third-order valence-corrected chi connectivity index (χ3v) is 5.13. The fraction of sp³-hybridized carbons (Fsp3) is 0.600. The quantitative estimate of drug-likeness (QED) is 0.820. The molecule has 0 saturated carbocycles. The van der Waals surface area contributed by atoms with E-state index in [1.54, 1.807) is 17.1 Å². The lowest BCUT2D eigenvalue weighted by atomic mass is 9.92. The Morgan fingerprint density at radius 3 is 2.68 bits per heavy atom. The minimum Gasteiger partial charge on any atom is -0.355 e. The van der Waals surface area contributed by atoms with Crippen molar-refractivity contribution in [2.75, 3.05) is 6.54 Å². The summed E-state index contributed by atoms with van der Waals surface area (Å²) in [6.45, 7) is 9.35. The van der Waals surface area contributed by atoms with Crippen LogP contribution in [0.15, 0.2) is 30.9 Å². The van der Waals surface area contributed by atoms with E-state index in [4.69, 9.17) is 0 Å². The Hall–Kier alpha value is -2.64. The van der Waals surface area contributed by atoms with Crippen molar-refractivity contribution in [3.8, 4) is 0 Å². The van der Waals surface area contributed by atoms with E-state index in [1.165, 1.54) is 0 Å². The van der Waals surface area contributed by atoms with E-state index < -0.39 is 5.92 Å². The minimum absolute atomic E-state index is 0.00564. The highest BCUT2D eigenvalue weighted by Crippen LogP contribution is 2.42. The average molecular weight is 387 g/mol. The molecule has 0 aliphatic carbocycles. The molecule has 1 saturated heterocycles. The minimum atomic E-state index is -0.423. The van der Waals surface area contributed by atoms with Gasteiger partial charge in [0.1, 0.15) is 0 Å². The monoisotopic (exact) mass is 386 g/mol. The summed E-state index contributed by atoms with van der Waals surface area (Å²) in [6, 6.07) is 1.58. The molecule has 0 aromatic carbocycles. The lowest BCUT2D eigenvalue weighted by Gasteiger charge is -2.38. The fourth-order valence-corrected chi connectivity index (χ4v) is 3.93. The number of amides is 2. The lowest BCUT2D eigenvalue weighted by Crippen LogP contribution is -2.45. The molecule has 2 aromatic heterocycles. The van der Waals surface area contributed by atoms with Crippen molar-refractivity contribution in [2.24, 2.45) is 18.9 Å². The van der Waals surface area contributed by atoms with Gasteiger partial charge in [0.15, 0.2) is 0 Å². The maximum Gasteiger partial charge on any atom is 0.226 e. The van der Waals surface area contributed by atoms with Gasteiger partial charge >= 0.3 is 0 Å². The Kier molecular flexibility index (Phi) is 5.58. The predicted molar refractivity (Wildman–Crippen MR) is 105 cm³/mol. The summed E-state index contributed by atoms with van der Waals surface area (Å²) in [7, 11) is 1.84. The topological polar surface area (TPSA) is 85.0 Å². The maximum atomic E-state index is 13.0. The molecule has 3 rings (SSSR count). The van der Waals surface area contributed by atoms with Gasteiger partial charge in [-0.15, -0.1) is 0 Å². The van der Waals surface area contributed by atoms with E-state index in [-0.39, 0.29) is 35.7 Å². The van der Waals surface area contributed by atoms with Gasteiger partial charge < -0.3 is 10.2 Å². The highest BCUT2D eigenvalue weighted by atomic mass is 16.2. The van der Waals surface area contributed by atoms with E-state index in [1.807, 2.05) is 55.9 Å². The molecule has 0 bridgehead atoms. The molecule has 3 heterocycles. The second-order valence-corrected chi connectivity index (χ2v) is 8.72. The predicted octanol–water partition coefficient (Wildman–Crippen LogP) is 1.76. The molecule has 152 valence electrons. The van der Waals surface area contributed by atoms with E-state index in [0.29, 0.717) is 6.54 Å². The van der Waals surface area contributed by atoms with Gasteiger partial charge in [-0.05, 0) is 32.8 Å². The van der Waals surface area contributed by atoms with Crippen molar-refractivity contribution < 1.29 is 9.59 Å². The van der Waals surface area contributed by atoms with E-state index in [9.17, 15) is 9.59 Å². The molecular formula is C20H30N6O2. The maximum absolute atomic E-state index is 13.0. The standard InChI is InChI=1S/C20H30N6O2/c1-14(12-25-8-6-7-22-25)10-21-19(28)16-9-17(27)26(20(2,3)4)18(16)15-11-23-24(5)13-15/h6-8,11,13-14,16,18H,9-10,12H2,1-5H3,(H,21,28)/t14-,16-,18+/m1/s1. The van der Waals surface area contributed by atoms with Gasteiger partial charge in [-0.25, -0.2) is 0 Å². The number of nitrogens with zero attached hydrogens (tertiary/aromatic N) is 5. The van der Waals surface area contributed by atoms with Crippen LogP contribution in [0.2, 0.25) is 0 Å². The number of hydrogen-bond acceptors (Lipinski definition) is 4. The normalized spacial score (nSPS) is 21.2. The van der Waals surface area contributed by atoms with Crippen LogP contribution in [0.5, 0.6) is 0 Å². The first-order valence-electron chi connectivity index (χ1n) is 9.72. The number of aryl methyl sites for hydroxylation is 1. The van der Waals surface area contributed by atoms with Crippen LogP contribution in [0.1, 0.15) is 45.7 Å². The number of carbonyl (C=O) groups is 2. The Balaban J connectivity index is 1.73. The van der Waals surface area contributed by atoms with Gasteiger partial charge in [0.05, 0.1) is 18.2 Å². The Morgan fingerprint density at radius 1 is 1.36 bits per heavy atom. The smallest absolute Gasteiger partial charge is 0.226 e.